The van der Waals surface area contributed by atoms with Gasteiger partial charge in [-0.1, -0.05) is 78.9 Å². The van der Waals surface area contributed by atoms with Crippen molar-refractivity contribution in [2.75, 3.05) is 26.4 Å². The minimum absolute atomic E-state index is 0.143. The summed E-state index contributed by atoms with van der Waals surface area (Å²) < 4.78 is 51.2. The smallest absolute Gasteiger partial charge is 0.307 e. The molecule has 2 aliphatic rings. The zero-order valence-corrected chi connectivity index (χ0v) is 21.8. The van der Waals surface area contributed by atoms with Crippen molar-refractivity contribution in [3.63, 3.8) is 0 Å². The summed E-state index contributed by atoms with van der Waals surface area (Å²) in [6.45, 7) is 4.60. The van der Waals surface area contributed by atoms with Gasteiger partial charge in [0.15, 0.2) is 0 Å². The van der Waals surface area contributed by atoms with Gasteiger partial charge in [-0.2, -0.15) is 0 Å². The molecule has 2 aliphatic heterocycles. The van der Waals surface area contributed by atoms with Gasteiger partial charge < -0.3 is 18.1 Å². The second kappa shape index (κ2) is 9.78. The summed E-state index contributed by atoms with van der Waals surface area (Å²) in [6, 6.07) is 25.2. The Bertz CT molecular complexity index is 1190. The molecule has 184 valence electrons. The Labute approximate surface area is 206 Å². The maximum absolute atomic E-state index is 14.0. The molecule has 0 N–H and O–H groups in total. The van der Waals surface area contributed by atoms with Gasteiger partial charge >= 0.3 is 15.2 Å². The second-order valence-corrected chi connectivity index (χ2v) is 13.7. The van der Waals surface area contributed by atoms with Crippen molar-refractivity contribution in [3.05, 3.63) is 107 Å². The average molecular weight is 512 g/mol. The highest BCUT2D eigenvalue weighted by Gasteiger charge is 2.51. The number of rotatable bonds is 5. The highest BCUT2D eigenvalue weighted by Crippen LogP contribution is 2.67. The van der Waals surface area contributed by atoms with E-state index in [1.807, 2.05) is 92.7 Å². The zero-order valence-electron chi connectivity index (χ0n) is 20.0. The molecule has 5 rings (SSSR count). The van der Waals surface area contributed by atoms with Crippen LogP contribution in [0.2, 0.25) is 0 Å². The number of hydrogen-bond acceptors (Lipinski definition) is 6. The second-order valence-electron chi connectivity index (χ2n) is 9.50. The fourth-order valence-electron chi connectivity index (χ4n) is 4.61. The Morgan fingerprint density at radius 3 is 1.63 bits per heavy atom. The summed E-state index contributed by atoms with van der Waals surface area (Å²) in [4.78, 5) is 0. The quantitative estimate of drug-likeness (QED) is 0.341. The van der Waals surface area contributed by atoms with Crippen LogP contribution in [0.5, 0.6) is 0 Å². The van der Waals surface area contributed by atoms with Crippen molar-refractivity contribution in [1.82, 2.24) is 0 Å². The molecule has 2 heterocycles. The summed E-state index contributed by atoms with van der Waals surface area (Å²) in [5, 5.41) is 0. The molecule has 8 heteroatoms. The Morgan fingerprint density at radius 1 is 0.686 bits per heavy atom. The van der Waals surface area contributed by atoms with Crippen LogP contribution in [0, 0.1) is 19.3 Å². The molecule has 0 aliphatic carbocycles. The lowest BCUT2D eigenvalue weighted by molar-refractivity contribution is -0.0696. The molecular weight excluding hydrogens is 482 g/mol. The van der Waals surface area contributed by atoms with Crippen LogP contribution >= 0.6 is 15.2 Å². The van der Waals surface area contributed by atoms with E-state index in [9.17, 15) is 9.13 Å². The van der Waals surface area contributed by atoms with Crippen LogP contribution in [-0.4, -0.2) is 26.4 Å². The van der Waals surface area contributed by atoms with E-state index in [4.69, 9.17) is 18.1 Å². The lowest BCUT2D eigenvalue weighted by atomic mass is 9.93. The van der Waals surface area contributed by atoms with Crippen LogP contribution in [-0.2, 0) is 33.4 Å². The van der Waals surface area contributed by atoms with Gasteiger partial charge in [0.2, 0.25) is 0 Å². The summed E-state index contributed by atoms with van der Waals surface area (Å²) in [6.07, 6.45) is 0.228. The minimum Gasteiger partial charge on any atom is -0.307 e. The predicted octanol–water partition coefficient (Wildman–Crippen LogP) is 7.06. The molecule has 3 aromatic carbocycles. The molecule has 35 heavy (non-hydrogen) atoms. The SMILES string of the molecule is Cc1cccc(C)c1CP1(=O)OCC2(CO1)COP(=O)(C(c1ccccc1)c1ccccc1)OC2. The Morgan fingerprint density at radius 2 is 1.14 bits per heavy atom. The first kappa shape index (κ1) is 24.6. The van der Waals surface area contributed by atoms with Gasteiger partial charge in [0, 0.05) is 0 Å². The van der Waals surface area contributed by atoms with Gasteiger partial charge in [-0.05, 0) is 41.7 Å². The van der Waals surface area contributed by atoms with E-state index >= 15 is 0 Å². The van der Waals surface area contributed by atoms with E-state index in [2.05, 4.69) is 0 Å². The molecule has 0 aromatic heterocycles. The van der Waals surface area contributed by atoms with Gasteiger partial charge in [-0.15, -0.1) is 0 Å². The van der Waals surface area contributed by atoms with Crippen molar-refractivity contribution >= 4 is 15.2 Å². The zero-order chi connectivity index (χ0) is 24.5. The van der Waals surface area contributed by atoms with Gasteiger partial charge in [0.05, 0.1) is 38.0 Å². The van der Waals surface area contributed by atoms with Crippen LogP contribution in [0.25, 0.3) is 0 Å². The highest BCUT2D eigenvalue weighted by atomic mass is 31.2. The minimum atomic E-state index is -3.54. The molecule has 3 aromatic rings. The lowest BCUT2D eigenvalue weighted by Crippen LogP contribution is -2.46. The van der Waals surface area contributed by atoms with E-state index in [0.29, 0.717) is 0 Å². The monoisotopic (exact) mass is 512 g/mol. The van der Waals surface area contributed by atoms with E-state index in [-0.39, 0.29) is 32.6 Å². The number of hydrogen-bond donors (Lipinski definition) is 0. The fraction of sp³-hybridized carbons (Fsp3) is 0.333. The maximum Gasteiger partial charge on any atom is 0.342 e. The van der Waals surface area contributed by atoms with Gasteiger partial charge in [0.1, 0.15) is 5.66 Å². The van der Waals surface area contributed by atoms with E-state index in [1.165, 1.54) is 0 Å². The molecule has 0 radical (unpaired) electrons. The van der Waals surface area contributed by atoms with Crippen molar-refractivity contribution < 1.29 is 27.2 Å². The van der Waals surface area contributed by atoms with Gasteiger partial charge in [0.25, 0.3) is 0 Å². The van der Waals surface area contributed by atoms with Crippen molar-refractivity contribution in [3.8, 4) is 0 Å². The predicted molar refractivity (Wildman–Crippen MR) is 136 cm³/mol. The van der Waals surface area contributed by atoms with E-state index in [1.54, 1.807) is 0 Å². The average Bonchev–Trinajstić information content (AvgIpc) is 2.87. The molecule has 1 spiro atoms. The first-order valence-corrected chi connectivity index (χ1v) is 15.1. The Balaban J connectivity index is 1.31. The Kier molecular flexibility index (Phi) is 6.89. The van der Waals surface area contributed by atoms with Crippen molar-refractivity contribution in [1.29, 1.82) is 0 Å². The third kappa shape index (κ3) is 5.11. The summed E-state index contributed by atoms with van der Waals surface area (Å²) >= 11 is 0. The molecule has 2 fully saturated rings. The van der Waals surface area contributed by atoms with Crippen LogP contribution in [0.4, 0.5) is 0 Å². The van der Waals surface area contributed by atoms with E-state index < -0.39 is 26.3 Å². The molecule has 0 amide bonds. The molecule has 0 bridgehead atoms. The largest absolute Gasteiger partial charge is 0.342 e. The Hall–Kier alpha value is -2.04. The van der Waals surface area contributed by atoms with E-state index in [0.717, 1.165) is 27.8 Å². The summed E-state index contributed by atoms with van der Waals surface area (Å²) in [5.74, 6) is 0. The van der Waals surface area contributed by atoms with Crippen LogP contribution < -0.4 is 0 Å². The summed E-state index contributed by atoms with van der Waals surface area (Å²) in [7, 11) is -6.85. The molecule has 6 nitrogen and oxygen atoms in total. The highest BCUT2D eigenvalue weighted by molar-refractivity contribution is 7.54. The summed E-state index contributed by atoms with van der Waals surface area (Å²) in [5.41, 5.74) is 3.65. The van der Waals surface area contributed by atoms with Gasteiger partial charge in [-0.3, -0.25) is 9.13 Å². The van der Waals surface area contributed by atoms with Gasteiger partial charge in [-0.25, -0.2) is 0 Å². The van der Waals surface area contributed by atoms with Crippen LogP contribution in [0.3, 0.4) is 0 Å². The van der Waals surface area contributed by atoms with Crippen molar-refractivity contribution in [2.24, 2.45) is 5.41 Å². The maximum atomic E-state index is 14.0. The molecule has 0 unspecified atom stereocenters. The molecular formula is C27H30O6P2. The normalized spacial score (nSPS) is 28.9. The third-order valence-corrected chi connectivity index (χ3v) is 10.7. The van der Waals surface area contributed by atoms with Crippen LogP contribution in [0.1, 0.15) is 33.5 Å². The van der Waals surface area contributed by atoms with Crippen molar-refractivity contribution in [2.45, 2.75) is 25.7 Å². The molecule has 2 saturated heterocycles. The fourth-order valence-corrected chi connectivity index (χ4v) is 9.05. The molecule has 0 atom stereocenters. The third-order valence-electron chi connectivity index (χ3n) is 6.78. The standard InChI is InChI=1S/C27H30O6P2/c1-21-10-9-11-22(2)25(21)16-34(28)30-17-27(18-31-34)19-32-35(29,33-20-27)26(23-12-5-3-6-13-23)24-14-7-4-8-15-24/h3-15,26H,16-20H2,1-2H3. The molecule has 0 saturated carbocycles. The number of aryl methyl sites for hydroxylation is 2. The number of benzene rings is 3. The lowest BCUT2D eigenvalue weighted by Gasteiger charge is -2.44. The van der Waals surface area contributed by atoms with Crippen LogP contribution in [0.15, 0.2) is 78.9 Å². The first-order valence-electron chi connectivity index (χ1n) is 11.7. The topological polar surface area (TPSA) is 71.1 Å². The first-order chi connectivity index (χ1) is 16.8.